The van der Waals surface area contributed by atoms with Gasteiger partial charge in [-0.05, 0) is 11.4 Å². The third-order valence-electron chi connectivity index (χ3n) is 1.83. The van der Waals surface area contributed by atoms with Crippen molar-refractivity contribution in [2.24, 2.45) is 0 Å². The summed E-state index contributed by atoms with van der Waals surface area (Å²) >= 11 is 0. The van der Waals surface area contributed by atoms with Crippen LogP contribution in [0.25, 0.3) is 10.8 Å². The molecule has 0 aliphatic heterocycles. The van der Waals surface area contributed by atoms with Crippen LogP contribution in [0.3, 0.4) is 0 Å². The highest BCUT2D eigenvalue weighted by molar-refractivity contribution is 5.88. The minimum Gasteiger partial charge on any atom is -0.490 e. The lowest BCUT2D eigenvalue weighted by atomic mass is 10.1. The first kappa shape index (κ1) is 3.35. The van der Waals surface area contributed by atoms with E-state index in [0.717, 1.165) is 0 Å². The van der Waals surface area contributed by atoms with Crippen LogP contribution in [0.1, 0.15) is 39.7 Å². The predicted molar refractivity (Wildman–Crippen MR) is 78.6 cm³/mol. The molecule has 0 saturated heterocycles. The molecule has 1 atom stereocenters. The molecule has 0 saturated carbocycles. The molecule has 0 radical (unpaired) electrons. The summed E-state index contributed by atoms with van der Waals surface area (Å²) in [4.78, 5) is 0. The topological polar surface area (TPSA) is 41.5 Å². The molecular formula is C16H21NO2. The van der Waals surface area contributed by atoms with Crippen LogP contribution < -0.4 is 10.1 Å². The smallest absolute Gasteiger partial charge is 0.127 e. The lowest BCUT2D eigenvalue weighted by molar-refractivity contribution is 0.105. The summed E-state index contributed by atoms with van der Waals surface area (Å²) in [7, 11) is 0. The van der Waals surface area contributed by atoms with Crippen LogP contribution >= 0.6 is 0 Å². The summed E-state index contributed by atoms with van der Waals surface area (Å²) in [6.45, 7) is -15.8. The molecule has 3 nitrogen and oxygen atoms in total. The monoisotopic (exact) mass is 278 g/mol. The lowest BCUT2D eigenvalue weighted by Crippen LogP contribution is -2.35. The van der Waals surface area contributed by atoms with Crippen molar-refractivity contribution in [2.45, 2.75) is 25.8 Å². The summed E-state index contributed by atoms with van der Waals surface area (Å²) in [5, 5.41) is 10.3. The second-order valence-corrected chi connectivity index (χ2v) is 3.13. The Labute approximate surface area is 140 Å². The molecule has 0 amide bonds. The number of aliphatic hydroxyl groups is 1. The Hall–Kier alpha value is -1.58. The van der Waals surface area contributed by atoms with Gasteiger partial charge in [0, 0.05) is 30.2 Å². The molecule has 2 rings (SSSR count). The minimum absolute atomic E-state index is 0.688. The largest absolute Gasteiger partial charge is 0.490 e. The fourth-order valence-corrected chi connectivity index (χ4v) is 1.11. The maximum Gasteiger partial charge on any atom is 0.127 e. The number of ether oxygens (including phenoxy) is 1. The van der Waals surface area contributed by atoms with Crippen molar-refractivity contribution in [3.63, 3.8) is 0 Å². The van der Waals surface area contributed by atoms with Crippen LogP contribution in [-0.4, -0.2) is 30.3 Å². The summed E-state index contributed by atoms with van der Waals surface area (Å²) in [5.74, 6) is -1.19. The van der Waals surface area contributed by atoms with Crippen molar-refractivity contribution in [2.75, 3.05) is 13.1 Å². The Kier molecular flexibility index (Phi) is 1.16. The third kappa shape index (κ3) is 3.94. The molecule has 1 unspecified atom stereocenters. The fourth-order valence-electron chi connectivity index (χ4n) is 1.11. The van der Waals surface area contributed by atoms with Gasteiger partial charge < -0.3 is 15.2 Å². The van der Waals surface area contributed by atoms with Crippen molar-refractivity contribution in [3.8, 4) is 5.75 Å². The van der Waals surface area contributed by atoms with Gasteiger partial charge in [0.25, 0.3) is 0 Å². The Morgan fingerprint density at radius 1 is 1.37 bits per heavy atom. The van der Waals surface area contributed by atoms with Crippen molar-refractivity contribution in [3.05, 3.63) is 42.3 Å². The van der Waals surface area contributed by atoms with Crippen LogP contribution in [0.2, 0.25) is 0 Å². The Morgan fingerprint density at radius 3 is 3.00 bits per heavy atom. The quantitative estimate of drug-likeness (QED) is 0.853. The summed E-state index contributed by atoms with van der Waals surface area (Å²) in [6, 6.07) is -10.5. The van der Waals surface area contributed by atoms with E-state index in [9.17, 15) is 5.11 Å². The molecule has 0 bridgehead atoms. The first-order valence-corrected chi connectivity index (χ1v) is 4.88. The molecule has 0 aromatic heterocycles. The number of nitrogens with one attached hydrogen (secondary N) is 1. The average Bonchev–Trinajstić information content (AvgIpc) is 2.74. The van der Waals surface area contributed by atoms with Gasteiger partial charge in [0.05, 0.1) is 13.7 Å². The van der Waals surface area contributed by atoms with E-state index in [1.165, 1.54) is 5.32 Å². The molecule has 0 fully saturated rings. The summed E-state index contributed by atoms with van der Waals surface area (Å²) < 4.78 is 153. The molecule has 2 aromatic rings. The second kappa shape index (κ2) is 6.55. The van der Waals surface area contributed by atoms with E-state index in [1.54, 1.807) is 0 Å². The predicted octanol–water partition coefficient (Wildman–Crippen LogP) is 2.58. The maximum absolute atomic E-state index is 10.6. The normalized spacial score (nSPS) is 32.4. The van der Waals surface area contributed by atoms with Gasteiger partial charge in [-0.1, -0.05) is 50.0 Å². The lowest BCUT2D eigenvalue weighted by Gasteiger charge is -2.15. The number of rotatable bonds is 6. The van der Waals surface area contributed by atoms with Crippen molar-refractivity contribution in [1.29, 1.82) is 0 Å². The van der Waals surface area contributed by atoms with Crippen molar-refractivity contribution in [1.82, 2.24) is 5.32 Å². The molecule has 0 aliphatic rings. The van der Waals surface area contributed by atoms with Crippen molar-refractivity contribution < 1.29 is 35.9 Å². The molecule has 0 spiro atoms. The maximum atomic E-state index is 10.6. The molecule has 0 heterocycles. The van der Waals surface area contributed by atoms with E-state index in [1.807, 2.05) is 0 Å². The molecule has 2 aromatic carbocycles. The van der Waals surface area contributed by atoms with Gasteiger partial charge in [-0.15, -0.1) is 0 Å². The molecule has 19 heavy (non-hydrogen) atoms. The van der Waals surface area contributed by atoms with Crippen molar-refractivity contribution >= 4 is 10.8 Å². The van der Waals surface area contributed by atoms with Gasteiger partial charge in [-0.25, -0.2) is 0 Å². The zero-order valence-electron chi connectivity index (χ0n) is 28.4. The number of benzene rings is 2. The van der Waals surface area contributed by atoms with Crippen LogP contribution in [0.15, 0.2) is 42.3 Å². The molecule has 0 aliphatic carbocycles. The second-order valence-electron chi connectivity index (χ2n) is 3.13. The van der Waals surface area contributed by atoms with Gasteiger partial charge in [0.2, 0.25) is 0 Å². The molecule has 2 N–H and O–H groups in total. The third-order valence-corrected chi connectivity index (χ3v) is 1.83. The van der Waals surface area contributed by atoms with Gasteiger partial charge >= 0.3 is 0 Å². The van der Waals surface area contributed by atoms with Crippen LogP contribution in [-0.2, 0) is 0 Å². The molecule has 3 heteroatoms. The molecular weight excluding hydrogens is 238 g/mol. The van der Waals surface area contributed by atoms with Crippen LogP contribution in [0, 0.1) is 0 Å². The van der Waals surface area contributed by atoms with E-state index < -0.39 is 97.7 Å². The number of fused-ring (bicyclic) bond motifs is 1. The number of hydrogen-bond acceptors (Lipinski definition) is 3. The van der Waals surface area contributed by atoms with E-state index >= 15 is 0 Å². The highest BCUT2D eigenvalue weighted by Crippen LogP contribution is 2.25. The SMILES string of the molecule is [2H]c1c([2H])c([2H])c2c(OC([2H])([2H])C([2H])(O)C([2H])([2H])NC([2H])(C([2H])([2H])[2H])C([2H])([2H])[2H])c([2H])c([2H])c([2H])c2c1[2H]. The van der Waals surface area contributed by atoms with E-state index in [2.05, 4.69) is 0 Å². The number of hydrogen-bond donors (Lipinski definition) is 2. The minimum atomic E-state index is -4.31. The highest BCUT2D eigenvalue weighted by atomic mass is 16.5. The first-order chi connectivity index (χ1) is 16.7. The summed E-state index contributed by atoms with van der Waals surface area (Å²) in [6.07, 6.45) is -4.31. The highest BCUT2D eigenvalue weighted by Gasteiger charge is 2.07. The van der Waals surface area contributed by atoms with Gasteiger partial charge in [-0.2, -0.15) is 0 Å². The first-order valence-electron chi connectivity index (χ1n) is 14.4. The van der Waals surface area contributed by atoms with E-state index in [4.69, 9.17) is 30.8 Å². The van der Waals surface area contributed by atoms with E-state index in [-0.39, 0.29) is 0 Å². The Bertz CT molecular complexity index is 1240. The van der Waals surface area contributed by atoms with Gasteiger partial charge in [-0.3, -0.25) is 0 Å². The van der Waals surface area contributed by atoms with Gasteiger partial charge in [0.15, 0.2) is 0 Å². The zero-order chi connectivity index (χ0) is 30.2. The van der Waals surface area contributed by atoms with E-state index in [0.29, 0.717) is 0 Å². The van der Waals surface area contributed by atoms with Gasteiger partial charge in [0.1, 0.15) is 18.4 Å². The summed E-state index contributed by atoms with van der Waals surface area (Å²) in [5.41, 5.74) is 0. The van der Waals surface area contributed by atoms with Crippen LogP contribution in [0.5, 0.6) is 5.75 Å². The fraction of sp³-hybridized carbons (Fsp3) is 0.375. The molecule has 102 valence electrons. The standard InChI is InChI=1S/C16H21NO2/c1-12(2)17-10-14(18)11-19-16-9-5-7-13-6-3-4-8-15(13)16/h3-9,12,14,17-18H,10-11H2,1-2H3/i1D3,2D3,3D,4D,5D,6D,7D,8D,9D,10D2,11D2,12D,14D. The average molecular weight is 278 g/mol. The Morgan fingerprint density at radius 2 is 2.16 bits per heavy atom. The van der Waals surface area contributed by atoms with Crippen LogP contribution in [0.4, 0.5) is 0 Å². The zero-order valence-corrected chi connectivity index (χ0v) is 9.36. The Balaban J connectivity index is 2.79.